The van der Waals surface area contributed by atoms with E-state index in [1.165, 1.54) is 4.90 Å². The van der Waals surface area contributed by atoms with Gasteiger partial charge in [-0.2, -0.15) is 0 Å². The van der Waals surface area contributed by atoms with Gasteiger partial charge in [-0.15, -0.1) is 0 Å². The lowest BCUT2D eigenvalue weighted by atomic mass is 10.1. The molecule has 0 spiro atoms. The zero-order valence-corrected chi connectivity index (χ0v) is 12.4. The third kappa shape index (κ3) is 4.73. The Morgan fingerprint density at radius 2 is 2.00 bits per heavy atom. The summed E-state index contributed by atoms with van der Waals surface area (Å²) in [7, 11) is 0. The molecule has 0 saturated heterocycles. The van der Waals surface area contributed by atoms with Crippen molar-refractivity contribution in [3.8, 4) is 0 Å². The van der Waals surface area contributed by atoms with Crippen LogP contribution in [0.4, 0.5) is 0 Å². The lowest BCUT2D eigenvalue weighted by Gasteiger charge is -2.20. The number of carbonyl (C=O) groups excluding carboxylic acids is 1. The van der Waals surface area contributed by atoms with Crippen LogP contribution in [0.25, 0.3) is 0 Å². The third-order valence-corrected chi connectivity index (χ3v) is 3.20. The van der Waals surface area contributed by atoms with Gasteiger partial charge in [0.2, 0.25) is 5.91 Å². The van der Waals surface area contributed by atoms with E-state index < -0.39 is 5.97 Å². The SMILES string of the molecule is Cc1cc(CC(=O)N(CCc2ccccc2)CC(=O)O)no1. The largest absolute Gasteiger partial charge is 0.480 e. The van der Waals surface area contributed by atoms with Gasteiger partial charge in [0.1, 0.15) is 12.3 Å². The first kappa shape index (κ1) is 15.8. The molecule has 0 fully saturated rings. The highest BCUT2D eigenvalue weighted by molar-refractivity contribution is 5.82. The molecular formula is C16H18N2O4. The molecule has 2 rings (SSSR count). The van der Waals surface area contributed by atoms with Gasteiger partial charge in [-0.3, -0.25) is 9.59 Å². The summed E-state index contributed by atoms with van der Waals surface area (Å²) in [5.41, 5.74) is 1.57. The first-order valence-electron chi connectivity index (χ1n) is 7.00. The number of amides is 1. The summed E-state index contributed by atoms with van der Waals surface area (Å²) < 4.78 is 4.92. The van der Waals surface area contributed by atoms with Crippen LogP contribution < -0.4 is 0 Å². The van der Waals surface area contributed by atoms with Crippen molar-refractivity contribution >= 4 is 11.9 Å². The topological polar surface area (TPSA) is 83.6 Å². The summed E-state index contributed by atoms with van der Waals surface area (Å²) in [4.78, 5) is 24.5. The highest BCUT2D eigenvalue weighted by Crippen LogP contribution is 2.07. The maximum absolute atomic E-state index is 12.3. The summed E-state index contributed by atoms with van der Waals surface area (Å²) in [5, 5.41) is 12.7. The number of benzene rings is 1. The number of rotatable bonds is 7. The lowest BCUT2D eigenvalue weighted by molar-refractivity contribution is -0.144. The Morgan fingerprint density at radius 1 is 1.27 bits per heavy atom. The fraction of sp³-hybridized carbons (Fsp3) is 0.312. The molecular weight excluding hydrogens is 284 g/mol. The van der Waals surface area contributed by atoms with Gasteiger partial charge in [-0.25, -0.2) is 0 Å². The van der Waals surface area contributed by atoms with E-state index in [2.05, 4.69) is 5.16 Å². The summed E-state index contributed by atoms with van der Waals surface area (Å²) >= 11 is 0. The second-order valence-corrected chi connectivity index (χ2v) is 5.05. The van der Waals surface area contributed by atoms with Crippen molar-refractivity contribution in [2.24, 2.45) is 0 Å². The number of nitrogens with zero attached hydrogens (tertiary/aromatic N) is 2. The van der Waals surface area contributed by atoms with E-state index in [1.807, 2.05) is 30.3 Å². The quantitative estimate of drug-likeness (QED) is 0.841. The van der Waals surface area contributed by atoms with Gasteiger partial charge >= 0.3 is 5.97 Å². The molecule has 1 N–H and O–H groups in total. The van der Waals surface area contributed by atoms with E-state index in [1.54, 1.807) is 13.0 Å². The lowest BCUT2D eigenvalue weighted by Crippen LogP contribution is -2.38. The van der Waals surface area contributed by atoms with E-state index in [4.69, 9.17) is 9.63 Å². The molecule has 1 aromatic carbocycles. The zero-order valence-electron chi connectivity index (χ0n) is 12.4. The van der Waals surface area contributed by atoms with Gasteiger partial charge in [0.05, 0.1) is 12.1 Å². The number of hydrogen-bond donors (Lipinski definition) is 1. The Kier molecular flexibility index (Phi) is 5.30. The molecule has 0 aliphatic rings. The molecule has 0 radical (unpaired) electrons. The minimum Gasteiger partial charge on any atom is -0.480 e. The first-order chi connectivity index (χ1) is 10.5. The van der Waals surface area contributed by atoms with Gasteiger partial charge in [0.15, 0.2) is 0 Å². The van der Waals surface area contributed by atoms with Gasteiger partial charge in [-0.1, -0.05) is 35.5 Å². The number of aliphatic carboxylic acids is 1. The zero-order chi connectivity index (χ0) is 15.9. The molecule has 6 nitrogen and oxygen atoms in total. The molecule has 116 valence electrons. The highest BCUT2D eigenvalue weighted by Gasteiger charge is 2.18. The smallest absolute Gasteiger partial charge is 0.323 e. The van der Waals surface area contributed by atoms with Crippen LogP contribution in [0.3, 0.4) is 0 Å². The summed E-state index contributed by atoms with van der Waals surface area (Å²) in [6.07, 6.45) is 0.650. The third-order valence-electron chi connectivity index (χ3n) is 3.20. The summed E-state index contributed by atoms with van der Waals surface area (Å²) in [5.74, 6) is -0.679. The second-order valence-electron chi connectivity index (χ2n) is 5.05. The normalized spacial score (nSPS) is 10.4. The van der Waals surface area contributed by atoms with Crippen molar-refractivity contribution in [3.05, 3.63) is 53.4 Å². The molecule has 22 heavy (non-hydrogen) atoms. The summed E-state index contributed by atoms with van der Waals surface area (Å²) in [6.45, 7) is 1.78. The van der Waals surface area contributed by atoms with Gasteiger partial charge < -0.3 is 14.5 Å². The number of aryl methyl sites for hydroxylation is 1. The van der Waals surface area contributed by atoms with Crippen LogP contribution in [0.2, 0.25) is 0 Å². The minimum absolute atomic E-state index is 0.0411. The number of carboxylic acid groups (broad SMARTS) is 1. The van der Waals surface area contributed by atoms with Crippen LogP contribution in [0.15, 0.2) is 40.9 Å². The first-order valence-corrected chi connectivity index (χ1v) is 7.00. The van der Waals surface area contributed by atoms with Crippen molar-refractivity contribution in [2.45, 2.75) is 19.8 Å². The van der Waals surface area contributed by atoms with Crippen molar-refractivity contribution < 1.29 is 19.2 Å². The highest BCUT2D eigenvalue weighted by atomic mass is 16.5. The van der Waals surface area contributed by atoms with Crippen LogP contribution >= 0.6 is 0 Å². The van der Waals surface area contributed by atoms with E-state index in [9.17, 15) is 9.59 Å². The molecule has 1 amide bonds. The Bertz CT molecular complexity index is 637. The number of aromatic nitrogens is 1. The number of hydrogen-bond acceptors (Lipinski definition) is 4. The number of carboxylic acids is 1. The molecule has 0 bridgehead atoms. The predicted octanol–water partition coefficient (Wildman–Crippen LogP) is 1.68. The van der Waals surface area contributed by atoms with Crippen molar-refractivity contribution in [1.29, 1.82) is 0 Å². The molecule has 0 unspecified atom stereocenters. The Morgan fingerprint density at radius 3 is 2.59 bits per heavy atom. The van der Waals surface area contributed by atoms with E-state index in [0.717, 1.165) is 5.56 Å². The fourth-order valence-corrected chi connectivity index (χ4v) is 2.13. The standard InChI is InChI=1S/C16H18N2O4/c1-12-9-14(17-22-12)10-15(19)18(11-16(20)21)8-7-13-5-3-2-4-6-13/h2-6,9H,7-8,10-11H2,1H3,(H,20,21). The van der Waals surface area contributed by atoms with Gasteiger partial charge in [-0.05, 0) is 18.9 Å². The maximum atomic E-state index is 12.3. The number of carbonyl (C=O) groups is 2. The van der Waals surface area contributed by atoms with Crippen LogP contribution in [-0.2, 0) is 22.4 Å². The molecule has 0 saturated carbocycles. The van der Waals surface area contributed by atoms with E-state index in [-0.39, 0.29) is 18.9 Å². The molecule has 0 aliphatic heterocycles. The monoisotopic (exact) mass is 302 g/mol. The Labute approximate surface area is 128 Å². The molecule has 2 aromatic rings. The van der Waals surface area contributed by atoms with E-state index >= 15 is 0 Å². The minimum atomic E-state index is -1.03. The average Bonchev–Trinajstić information content (AvgIpc) is 2.89. The van der Waals surface area contributed by atoms with Crippen molar-refractivity contribution in [1.82, 2.24) is 10.1 Å². The van der Waals surface area contributed by atoms with Crippen molar-refractivity contribution in [2.75, 3.05) is 13.1 Å². The molecule has 1 aromatic heterocycles. The predicted molar refractivity (Wildman–Crippen MR) is 79.3 cm³/mol. The van der Waals surface area contributed by atoms with Crippen molar-refractivity contribution in [3.63, 3.8) is 0 Å². The molecule has 1 heterocycles. The molecule has 0 aliphatic carbocycles. The Balaban J connectivity index is 1.98. The van der Waals surface area contributed by atoms with Crippen LogP contribution in [0.1, 0.15) is 17.0 Å². The van der Waals surface area contributed by atoms with Crippen LogP contribution in [0, 0.1) is 6.92 Å². The summed E-state index contributed by atoms with van der Waals surface area (Å²) in [6, 6.07) is 11.3. The molecule has 0 atom stereocenters. The maximum Gasteiger partial charge on any atom is 0.323 e. The van der Waals surface area contributed by atoms with Gasteiger partial charge in [0, 0.05) is 12.6 Å². The van der Waals surface area contributed by atoms with E-state index in [0.29, 0.717) is 24.4 Å². The van der Waals surface area contributed by atoms with Gasteiger partial charge in [0.25, 0.3) is 0 Å². The van der Waals surface area contributed by atoms with Crippen LogP contribution in [-0.4, -0.2) is 40.1 Å². The molecule has 6 heteroatoms. The Hall–Kier alpha value is -2.63. The fourth-order valence-electron chi connectivity index (χ4n) is 2.13. The average molecular weight is 302 g/mol. The van der Waals surface area contributed by atoms with Crippen LogP contribution in [0.5, 0.6) is 0 Å². The second kappa shape index (κ2) is 7.40.